The first-order chi connectivity index (χ1) is 6.61. The summed E-state index contributed by atoms with van der Waals surface area (Å²) in [6.45, 7) is 3.80. The van der Waals surface area contributed by atoms with Gasteiger partial charge in [0.25, 0.3) is 0 Å². The number of nitrogen functional groups attached to an aromatic ring is 1. The summed E-state index contributed by atoms with van der Waals surface area (Å²) in [4.78, 5) is 11.3. The Morgan fingerprint density at radius 2 is 2.00 bits per heavy atom. The molecule has 2 aromatic rings. The maximum absolute atomic E-state index is 11.3. The van der Waals surface area contributed by atoms with Crippen molar-refractivity contribution in [3.8, 4) is 0 Å². The van der Waals surface area contributed by atoms with Crippen LogP contribution in [-0.4, -0.2) is 0 Å². The first kappa shape index (κ1) is 8.81. The van der Waals surface area contributed by atoms with Gasteiger partial charge in [-0.05, 0) is 31.0 Å². The molecule has 2 N–H and O–H groups in total. The van der Waals surface area contributed by atoms with Crippen LogP contribution in [0.5, 0.6) is 0 Å². The summed E-state index contributed by atoms with van der Waals surface area (Å²) in [6.07, 6.45) is 0. The van der Waals surface area contributed by atoms with Crippen molar-refractivity contribution in [2.75, 3.05) is 5.73 Å². The lowest BCUT2D eigenvalue weighted by Gasteiger charge is -2.05. The zero-order chi connectivity index (χ0) is 10.3. The largest absolute Gasteiger partial charge is 0.421 e. The molecule has 0 fully saturated rings. The normalized spacial score (nSPS) is 10.7. The summed E-state index contributed by atoms with van der Waals surface area (Å²) in [7, 11) is 0. The Hall–Kier alpha value is -1.77. The van der Waals surface area contributed by atoms with E-state index in [9.17, 15) is 4.79 Å². The maximum Gasteiger partial charge on any atom is 0.359 e. The van der Waals surface area contributed by atoms with Crippen LogP contribution in [0, 0.1) is 13.8 Å². The molecule has 0 radical (unpaired) electrons. The van der Waals surface area contributed by atoms with Crippen molar-refractivity contribution in [3.63, 3.8) is 0 Å². The van der Waals surface area contributed by atoms with Crippen LogP contribution in [0.4, 0.5) is 5.69 Å². The van der Waals surface area contributed by atoms with E-state index in [4.69, 9.17) is 10.2 Å². The van der Waals surface area contributed by atoms with Gasteiger partial charge in [-0.25, -0.2) is 4.79 Å². The van der Waals surface area contributed by atoms with Crippen molar-refractivity contribution < 1.29 is 4.42 Å². The molecule has 0 saturated carbocycles. The van der Waals surface area contributed by atoms with Gasteiger partial charge < -0.3 is 10.2 Å². The Bertz CT molecular complexity index is 555. The second-order valence-electron chi connectivity index (χ2n) is 3.38. The molecule has 1 aromatic carbocycles. The van der Waals surface area contributed by atoms with E-state index in [-0.39, 0.29) is 5.69 Å². The molecule has 1 aromatic heterocycles. The molecule has 0 amide bonds. The Balaban J connectivity index is 3.07. The fourth-order valence-corrected chi connectivity index (χ4v) is 1.65. The van der Waals surface area contributed by atoms with E-state index < -0.39 is 5.63 Å². The Morgan fingerprint density at radius 3 is 2.71 bits per heavy atom. The molecule has 72 valence electrons. The average Bonchev–Trinajstić information content (AvgIpc) is 2.14. The molecule has 3 heteroatoms. The highest BCUT2D eigenvalue weighted by Gasteiger charge is 2.08. The molecule has 14 heavy (non-hydrogen) atoms. The van der Waals surface area contributed by atoms with Crippen LogP contribution in [0.3, 0.4) is 0 Å². The fourth-order valence-electron chi connectivity index (χ4n) is 1.65. The second kappa shape index (κ2) is 2.87. The molecular weight excluding hydrogens is 178 g/mol. The van der Waals surface area contributed by atoms with Crippen LogP contribution >= 0.6 is 0 Å². The first-order valence-electron chi connectivity index (χ1n) is 4.40. The molecule has 0 aliphatic rings. The molecule has 3 nitrogen and oxygen atoms in total. The van der Waals surface area contributed by atoms with Crippen LogP contribution in [-0.2, 0) is 0 Å². The summed E-state index contributed by atoms with van der Waals surface area (Å²) in [5.74, 6) is 0. The lowest BCUT2D eigenvalue weighted by atomic mass is 10.1. The van der Waals surface area contributed by atoms with Gasteiger partial charge in [0.2, 0.25) is 0 Å². The fraction of sp³-hybridized carbons (Fsp3) is 0.182. The lowest BCUT2D eigenvalue weighted by molar-refractivity contribution is 0.563. The number of benzene rings is 1. The third-order valence-electron chi connectivity index (χ3n) is 2.44. The van der Waals surface area contributed by atoms with Crippen LogP contribution in [0.1, 0.15) is 11.1 Å². The molecule has 0 bridgehead atoms. The van der Waals surface area contributed by atoms with Gasteiger partial charge in [0.1, 0.15) is 11.3 Å². The van der Waals surface area contributed by atoms with Gasteiger partial charge >= 0.3 is 5.63 Å². The van der Waals surface area contributed by atoms with E-state index in [0.717, 1.165) is 16.5 Å². The van der Waals surface area contributed by atoms with Crippen molar-refractivity contribution in [2.24, 2.45) is 0 Å². The van der Waals surface area contributed by atoms with Gasteiger partial charge in [-0.2, -0.15) is 0 Å². The van der Waals surface area contributed by atoms with Gasteiger partial charge in [0.05, 0.1) is 0 Å². The quantitative estimate of drug-likeness (QED) is 0.645. The van der Waals surface area contributed by atoms with E-state index in [0.29, 0.717) is 5.58 Å². The first-order valence-corrected chi connectivity index (χ1v) is 4.40. The minimum atomic E-state index is -0.458. The summed E-state index contributed by atoms with van der Waals surface area (Å²) < 4.78 is 5.07. The third kappa shape index (κ3) is 1.09. The molecule has 0 aliphatic carbocycles. The monoisotopic (exact) mass is 189 g/mol. The van der Waals surface area contributed by atoms with Crippen molar-refractivity contribution in [1.29, 1.82) is 0 Å². The van der Waals surface area contributed by atoms with Crippen LogP contribution in [0.25, 0.3) is 11.0 Å². The number of rotatable bonds is 0. The summed E-state index contributed by atoms with van der Waals surface area (Å²) in [5.41, 5.74) is 7.82. The number of fused-ring (bicyclic) bond motifs is 1. The molecule has 1 heterocycles. The topological polar surface area (TPSA) is 56.2 Å². The predicted molar refractivity (Wildman–Crippen MR) is 56.4 cm³/mol. The molecule has 0 unspecified atom stereocenters. The number of hydrogen-bond donors (Lipinski definition) is 1. The zero-order valence-electron chi connectivity index (χ0n) is 8.13. The summed E-state index contributed by atoms with van der Waals surface area (Å²) >= 11 is 0. The molecule has 0 spiro atoms. The Labute approximate surface area is 81.1 Å². The minimum absolute atomic E-state index is 0.201. The smallest absolute Gasteiger partial charge is 0.359 e. The van der Waals surface area contributed by atoms with Crippen LogP contribution < -0.4 is 11.4 Å². The van der Waals surface area contributed by atoms with Gasteiger partial charge in [-0.15, -0.1) is 0 Å². The summed E-state index contributed by atoms with van der Waals surface area (Å²) in [5, 5.41) is 0.935. The van der Waals surface area contributed by atoms with Crippen molar-refractivity contribution in [2.45, 2.75) is 13.8 Å². The summed E-state index contributed by atoms with van der Waals surface area (Å²) in [6, 6.07) is 5.60. The second-order valence-corrected chi connectivity index (χ2v) is 3.38. The predicted octanol–water partition coefficient (Wildman–Crippen LogP) is 1.99. The SMILES string of the molecule is Cc1cccc2oc(=O)c(N)c(C)c12. The highest BCUT2D eigenvalue weighted by molar-refractivity contribution is 5.86. The van der Waals surface area contributed by atoms with E-state index in [1.54, 1.807) is 6.07 Å². The van der Waals surface area contributed by atoms with Crippen molar-refractivity contribution in [3.05, 3.63) is 39.7 Å². The van der Waals surface area contributed by atoms with Gasteiger partial charge in [-0.3, -0.25) is 0 Å². The maximum atomic E-state index is 11.3. The number of anilines is 1. The highest BCUT2D eigenvalue weighted by Crippen LogP contribution is 2.23. The standard InChI is InChI=1S/C11H11NO2/c1-6-4-3-5-8-9(6)7(2)10(12)11(13)14-8/h3-5H,12H2,1-2H3. The van der Waals surface area contributed by atoms with Gasteiger partial charge in [-0.1, -0.05) is 12.1 Å². The van der Waals surface area contributed by atoms with E-state index in [1.807, 2.05) is 26.0 Å². The van der Waals surface area contributed by atoms with E-state index >= 15 is 0 Å². The number of hydrogen-bond acceptors (Lipinski definition) is 3. The number of aryl methyl sites for hydroxylation is 2. The zero-order valence-corrected chi connectivity index (χ0v) is 8.13. The molecule has 0 saturated heterocycles. The minimum Gasteiger partial charge on any atom is -0.421 e. The van der Waals surface area contributed by atoms with Gasteiger partial charge in [0, 0.05) is 5.39 Å². The van der Waals surface area contributed by atoms with Crippen LogP contribution in [0.2, 0.25) is 0 Å². The van der Waals surface area contributed by atoms with Crippen molar-refractivity contribution >= 4 is 16.7 Å². The Kier molecular flexibility index (Phi) is 1.81. The van der Waals surface area contributed by atoms with E-state index in [2.05, 4.69) is 0 Å². The van der Waals surface area contributed by atoms with Crippen molar-refractivity contribution in [1.82, 2.24) is 0 Å². The van der Waals surface area contributed by atoms with E-state index in [1.165, 1.54) is 0 Å². The average molecular weight is 189 g/mol. The molecular formula is C11H11NO2. The van der Waals surface area contributed by atoms with Gasteiger partial charge in [0.15, 0.2) is 0 Å². The Morgan fingerprint density at radius 1 is 1.29 bits per heavy atom. The van der Waals surface area contributed by atoms with Crippen LogP contribution in [0.15, 0.2) is 27.4 Å². The molecule has 0 aliphatic heterocycles. The third-order valence-corrected chi connectivity index (χ3v) is 2.44. The molecule has 0 atom stereocenters. The highest BCUT2D eigenvalue weighted by atomic mass is 16.4. The molecule has 2 rings (SSSR count). The number of nitrogens with two attached hydrogens (primary N) is 1. The lowest BCUT2D eigenvalue weighted by Crippen LogP contribution is -2.09.